The van der Waals surface area contributed by atoms with Crippen molar-refractivity contribution >= 4 is 34.9 Å². The maximum Gasteiger partial charge on any atom is 0.319 e. The molecule has 2 atom stereocenters. The lowest BCUT2D eigenvalue weighted by atomic mass is 9.97. The molecule has 1 aromatic carbocycles. The van der Waals surface area contributed by atoms with Crippen molar-refractivity contribution < 1.29 is 14.6 Å². The summed E-state index contributed by atoms with van der Waals surface area (Å²) in [6.07, 6.45) is 0.203. The van der Waals surface area contributed by atoms with Crippen LogP contribution in [-0.2, 0) is 4.74 Å². The molecule has 5 nitrogen and oxygen atoms in total. The van der Waals surface area contributed by atoms with Gasteiger partial charge in [-0.2, -0.15) is 0 Å². The van der Waals surface area contributed by atoms with Crippen LogP contribution < -0.4 is 10.6 Å². The van der Waals surface area contributed by atoms with E-state index in [9.17, 15) is 9.90 Å². The molecule has 3 N–H and O–H groups in total. The van der Waals surface area contributed by atoms with Crippen LogP contribution >= 0.6 is 23.2 Å². The van der Waals surface area contributed by atoms with Gasteiger partial charge < -0.3 is 20.5 Å². The molecule has 110 valence electrons. The smallest absolute Gasteiger partial charge is 0.319 e. The highest BCUT2D eigenvalue weighted by molar-refractivity contribution is 6.42. The lowest BCUT2D eigenvalue weighted by Crippen LogP contribution is -2.48. The van der Waals surface area contributed by atoms with Gasteiger partial charge in [-0.1, -0.05) is 23.2 Å². The van der Waals surface area contributed by atoms with Gasteiger partial charge in [-0.3, -0.25) is 0 Å². The zero-order valence-corrected chi connectivity index (χ0v) is 12.5. The van der Waals surface area contributed by atoms with Crippen molar-refractivity contribution in [2.75, 3.05) is 18.5 Å². The number of hydrogen-bond acceptors (Lipinski definition) is 3. The molecule has 2 rings (SSSR count). The minimum atomic E-state index is -1.02. The number of carbonyl (C=O) groups is 1. The average Bonchev–Trinajstić information content (AvgIpc) is 2.72. The number of urea groups is 1. The molecule has 0 saturated carbocycles. The molecule has 1 aliphatic heterocycles. The second kappa shape index (κ2) is 6.18. The van der Waals surface area contributed by atoms with E-state index in [2.05, 4.69) is 10.6 Å². The molecule has 0 radical (unpaired) electrons. The van der Waals surface area contributed by atoms with Crippen LogP contribution in [0.3, 0.4) is 0 Å². The number of nitrogens with one attached hydrogen (secondary N) is 2. The maximum absolute atomic E-state index is 11.8. The van der Waals surface area contributed by atoms with Gasteiger partial charge in [0.1, 0.15) is 5.60 Å². The second-order valence-corrected chi connectivity index (χ2v) is 5.62. The number of ether oxygens (including phenoxy) is 1. The van der Waals surface area contributed by atoms with Gasteiger partial charge in [0, 0.05) is 18.7 Å². The Morgan fingerprint density at radius 2 is 2.25 bits per heavy atom. The van der Waals surface area contributed by atoms with Crippen molar-refractivity contribution in [2.24, 2.45) is 0 Å². The Balaban J connectivity index is 1.88. The summed E-state index contributed by atoms with van der Waals surface area (Å²) in [5.41, 5.74) is -0.491. The van der Waals surface area contributed by atoms with Gasteiger partial charge in [0.2, 0.25) is 0 Å². The Labute approximate surface area is 127 Å². The van der Waals surface area contributed by atoms with E-state index in [0.717, 1.165) is 0 Å². The lowest BCUT2D eigenvalue weighted by molar-refractivity contribution is -0.0241. The highest BCUT2D eigenvalue weighted by Crippen LogP contribution is 2.26. The highest BCUT2D eigenvalue weighted by Gasteiger charge is 2.39. The molecule has 7 heteroatoms. The van der Waals surface area contributed by atoms with Crippen molar-refractivity contribution in [1.29, 1.82) is 0 Å². The van der Waals surface area contributed by atoms with E-state index in [4.69, 9.17) is 27.9 Å². The summed E-state index contributed by atoms with van der Waals surface area (Å²) in [6, 6.07) is 4.37. The third-order valence-electron chi connectivity index (χ3n) is 3.39. The van der Waals surface area contributed by atoms with Gasteiger partial charge in [0.05, 0.1) is 22.7 Å². The first kappa shape index (κ1) is 15.4. The number of amides is 2. The minimum Gasteiger partial charge on any atom is -0.385 e. The van der Waals surface area contributed by atoms with Gasteiger partial charge in [-0.15, -0.1) is 0 Å². The zero-order chi connectivity index (χ0) is 14.8. The van der Waals surface area contributed by atoms with Crippen LogP contribution in [0, 0.1) is 0 Å². The number of anilines is 1. The summed E-state index contributed by atoms with van der Waals surface area (Å²) in [4.78, 5) is 11.8. The lowest BCUT2D eigenvalue weighted by Gasteiger charge is -2.26. The molecule has 1 fully saturated rings. The monoisotopic (exact) mass is 318 g/mol. The summed E-state index contributed by atoms with van der Waals surface area (Å²) in [5.74, 6) is 0. The normalized spacial score (nSPS) is 25.5. The first-order valence-electron chi connectivity index (χ1n) is 6.24. The fourth-order valence-electron chi connectivity index (χ4n) is 1.99. The molecule has 0 aromatic heterocycles. The van der Waals surface area contributed by atoms with Crippen molar-refractivity contribution in [2.45, 2.75) is 25.0 Å². The standard InChI is InChI=1S/C13H16Cl2N2O3/c1-8-13(19,4-5-20-8)7-16-12(18)17-9-2-3-10(14)11(15)6-9/h2-3,6,8,19H,4-5,7H2,1H3,(H2,16,17,18). The van der Waals surface area contributed by atoms with Gasteiger partial charge in [0.25, 0.3) is 0 Å². The first-order chi connectivity index (χ1) is 9.40. The van der Waals surface area contributed by atoms with Crippen molar-refractivity contribution in [1.82, 2.24) is 5.32 Å². The Morgan fingerprint density at radius 1 is 1.50 bits per heavy atom. The molecule has 2 unspecified atom stereocenters. The predicted octanol–water partition coefficient (Wildman–Crippen LogP) is 2.65. The van der Waals surface area contributed by atoms with E-state index in [0.29, 0.717) is 28.8 Å². The van der Waals surface area contributed by atoms with E-state index < -0.39 is 11.6 Å². The minimum absolute atomic E-state index is 0.126. The highest BCUT2D eigenvalue weighted by atomic mass is 35.5. The van der Waals surface area contributed by atoms with Crippen LogP contribution in [0.4, 0.5) is 10.5 Å². The molecule has 1 aromatic rings. The Bertz CT molecular complexity index is 512. The second-order valence-electron chi connectivity index (χ2n) is 4.80. The van der Waals surface area contributed by atoms with Crippen LogP contribution in [0.1, 0.15) is 13.3 Å². The fraction of sp³-hybridized carbons (Fsp3) is 0.462. The molecular formula is C13H16Cl2N2O3. The van der Waals surface area contributed by atoms with E-state index >= 15 is 0 Å². The number of halogens is 2. The quantitative estimate of drug-likeness (QED) is 0.802. The van der Waals surface area contributed by atoms with Gasteiger partial charge in [0.15, 0.2) is 0 Å². The Hall–Kier alpha value is -1.01. The van der Waals surface area contributed by atoms with E-state index in [1.807, 2.05) is 0 Å². The first-order valence-corrected chi connectivity index (χ1v) is 7.00. The van der Waals surface area contributed by atoms with Crippen LogP contribution in [0.25, 0.3) is 0 Å². The van der Waals surface area contributed by atoms with E-state index in [-0.39, 0.29) is 12.6 Å². The summed E-state index contributed by atoms with van der Waals surface area (Å²) in [7, 11) is 0. The molecular weight excluding hydrogens is 303 g/mol. The molecule has 2 amide bonds. The maximum atomic E-state index is 11.8. The molecule has 1 saturated heterocycles. The van der Waals surface area contributed by atoms with Crippen molar-refractivity contribution in [3.63, 3.8) is 0 Å². The summed E-state index contributed by atoms with van der Waals surface area (Å²) < 4.78 is 5.29. The number of hydrogen-bond donors (Lipinski definition) is 3. The summed E-state index contributed by atoms with van der Waals surface area (Å²) >= 11 is 11.7. The number of aliphatic hydroxyl groups is 1. The fourth-order valence-corrected chi connectivity index (χ4v) is 2.28. The molecule has 0 bridgehead atoms. The van der Waals surface area contributed by atoms with Crippen LogP contribution in [0.15, 0.2) is 18.2 Å². The Morgan fingerprint density at radius 3 is 2.85 bits per heavy atom. The molecule has 0 spiro atoms. The third-order valence-corrected chi connectivity index (χ3v) is 4.13. The van der Waals surface area contributed by atoms with Crippen LogP contribution in [0.2, 0.25) is 10.0 Å². The largest absolute Gasteiger partial charge is 0.385 e. The van der Waals surface area contributed by atoms with E-state index in [1.165, 1.54) is 0 Å². The Kier molecular flexibility index (Phi) is 4.75. The molecule has 1 heterocycles. The predicted molar refractivity (Wildman–Crippen MR) is 78.5 cm³/mol. The average molecular weight is 319 g/mol. The molecule has 20 heavy (non-hydrogen) atoms. The SMILES string of the molecule is CC1OCCC1(O)CNC(=O)Nc1ccc(Cl)c(Cl)c1. The van der Waals surface area contributed by atoms with Gasteiger partial charge in [-0.05, 0) is 25.1 Å². The number of carbonyl (C=O) groups excluding carboxylic acids is 1. The van der Waals surface area contributed by atoms with Gasteiger partial charge >= 0.3 is 6.03 Å². The third kappa shape index (κ3) is 3.55. The van der Waals surface area contributed by atoms with Crippen molar-refractivity contribution in [3.8, 4) is 0 Å². The number of rotatable bonds is 3. The van der Waals surface area contributed by atoms with Gasteiger partial charge in [-0.25, -0.2) is 4.79 Å². The van der Waals surface area contributed by atoms with Crippen LogP contribution in [-0.4, -0.2) is 36.0 Å². The number of benzene rings is 1. The summed E-state index contributed by atoms with van der Waals surface area (Å²) in [5, 5.41) is 16.3. The van der Waals surface area contributed by atoms with Crippen LogP contribution in [0.5, 0.6) is 0 Å². The topological polar surface area (TPSA) is 70.6 Å². The molecule has 0 aliphatic carbocycles. The zero-order valence-electron chi connectivity index (χ0n) is 11.0. The van der Waals surface area contributed by atoms with E-state index in [1.54, 1.807) is 25.1 Å². The molecule has 1 aliphatic rings. The van der Waals surface area contributed by atoms with Crippen molar-refractivity contribution in [3.05, 3.63) is 28.2 Å². The summed E-state index contributed by atoms with van der Waals surface area (Å²) in [6.45, 7) is 2.40.